The van der Waals surface area contributed by atoms with Crippen molar-refractivity contribution >= 4 is 23.2 Å². The van der Waals surface area contributed by atoms with Crippen LogP contribution in [0.25, 0.3) is 0 Å². The van der Waals surface area contributed by atoms with E-state index in [1.165, 1.54) is 12.1 Å². The van der Waals surface area contributed by atoms with Crippen molar-refractivity contribution in [1.29, 1.82) is 0 Å². The molecule has 2 N–H and O–H groups in total. The first kappa shape index (κ1) is 26.3. The van der Waals surface area contributed by atoms with Crippen molar-refractivity contribution in [3.8, 4) is 0 Å². The van der Waals surface area contributed by atoms with Gasteiger partial charge in [-0.15, -0.1) is 0 Å². The van der Waals surface area contributed by atoms with Gasteiger partial charge in [0.2, 0.25) is 11.8 Å². The van der Waals surface area contributed by atoms with Gasteiger partial charge in [0.15, 0.2) is 0 Å². The maximum absolute atomic E-state index is 13.8. The molecule has 0 spiro atoms. The molecule has 0 saturated carbocycles. The number of nitrogens with zero attached hydrogens (tertiary/aromatic N) is 1. The van der Waals surface area contributed by atoms with Crippen LogP contribution in [0.4, 0.5) is 11.4 Å². The van der Waals surface area contributed by atoms with Gasteiger partial charge in [-0.1, -0.05) is 78.9 Å². The predicted octanol–water partition coefficient (Wildman–Crippen LogP) is 5.71. The summed E-state index contributed by atoms with van der Waals surface area (Å²) in [5.41, 5.74) is 5.02. The first-order valence-electron chi connectivity index (χ1n) is 12.3. The summed E-state index contributed by atoms with van der Waals surface area (Å²) in [4.78, 5) is 37.8. The molecule has 7 nitrogen and oxygen atoms in total. The number of hydrogen-bond donors (Lipinski definition) is 2. The minimum absolute atomic E-state index is 0.0397. The molecule has 0 radical (unpaired) electrons. The smallest absolute Gasteiger partial charge is 0.269 e. The number of hydrogen-bond acceptors (Lipinski definition) is 4. The number of rotatable bonds is 9. The fourth-order valence-electron chi connectivity index (χ4n) is 4.29. The molecule has 0 saturated heterocycles. The van der Waals surface area contributed by atoms with Crippen molar-refractivity contribution in [2.75, 3.05) is 5.32 Å². The van der Waals surface area contributed by atoms with Crippen molar-refractivity contribution < 1.29 is 14.5 Å². The van der Waals surface area contributed by atoms with Crippen molar-refractivity contribution in [3.63, 3.8) is 0 Å². The van der Waals surface area contributed by atoms with Crippen LogP contribution in [0.1, 0.15) is 33.7 Å². The van der Waals surface area contributed by atoms with E-state index in [1.807, 2.05) is 92.7 Å². The van der Waals surface area contributed by atoms with E-state index in [4.69, 9.17) is 0 Å². The molecule has 0 aliphatic carbocycles. The third-order valence-electron chi connectivity index (χ3n) is 6.52. The van der Waals surface area contributed by atoms with Gasteiger partial charge in [0.25, 0.3) is 5.69 Å². The Morgan fingerprint density at radius 3 is 1.87 bits per heavy atom. The third kappa shape index (κ3) is 6.50. The van der Waals surface area contributed by atoms with Gasteiger partial charge in [-0.2, -0.15) is 0 Å². The lowest BCUT2D eigenvalue weighted by atomic mass is 9.90. The lowest BCUT2D eigenvalue weighted by molar-refractivity contribution is -0.384. The van der Waals surface area contributed by atoms with Crippen LogP contribution in [0.5, 0.6) is 0 Å². The molecule has 4 rings (SSSR count). The van der Waals surface area contributed by atoms with E-state index >= 15 is 0 Å². The Bertz CT molecular complexity index is 1380. The highest BCUT2D eigenvalue weighted by molar-refractivity contribution is 5.99. The average molecular weight is 508 g/mol. The monoisotopic (exact) mass is 507 g/mol. The topological polar surface area (TPSA) is 101 Å². The Morgan fingerprint density at radius 2 is 1.34 bits per heavy atom. The van der Waals surface area contributed by atoms with Crippen molar-refractivity contribution in [3.05, 3.63) is 141 Å². The van der Waals surface area contributed by atoms with E-state index in [1.54, 1.807) is 12.1 Å². The van der Waals surface area contributed by atoms with E-state index in [-0.39, 0.29) is 23.9 Å². The number of non-ortho nitro benzene ring substituents is 1. The van der Waals surface area contributed by atoms with Crippen LogP contribution in [0, 0.1) is 24.0 Å². The molecule has 192 valence electrons. The summed E-state index contributed by atoms with van der Waals surface area (Å²) in [6, 6.07) is 29.5. The average Bonchev–Trinajstić information content (AvgIpc) is 2.92. The largest absolute Gasteiger partial charge is 0.343 e. The summed E-state index contributed by atoms with van der Waals surface area (Å²) < 4.78 is 0. The first-order valence-corrected chi connectivity index (χ1v) is 12.3. The van der Waals surface area contributed by atoms with Gasteiger partial charge in [-0.05, 0) is 53.8 Å². The predicted molar refractivity (Wildman–Crippen MR) is 148 cm³/mol. The van der Waals surface area contributed by atoms with Gasteiger partial charge in [0.05, 0.1) is 10.8 Å². The van der Waals surface area contributed by atoms with Gasteiger partial charge in [0.1, 0.15) is 6.04 Å². The summed E-state index contributed by atoms with van der Waals surface area (Å²) in [6.45, 7) is 3.96. The maximum atomic E-state index is 13.8. The van der Waals surface area contributed by atoms with Crippen molar-refractivity contribution in [1.82, 2.24) is 5.32 Å². The Labute approximate surface area is 221 Å². The summed E-state index contributed by atoms with van der Waals surface area (Å²) in [7, 11) is 0. The molecule has 0 bridgehead atoms. The number of amides is 2. The minimum atomic E-state index is -0.916. The number of aryl methyl sites for hydroxylation is 2. The molecule has 0 aromatic heterocycles. The molecule has 4 aromatic rings. The van der Waals surface area contributed by atoms with E-state index in [9.17, 15) is 19.7 Å². The van der Waals surface area contributed by atoms with Gasteiger partial charge < -0.3 is 10.6 Å². The van der Waals surface area contributed by atoms with Crippen molar-refractivity contribution in [2.24, 2.45) is 0 Å². The number of carbonyl (C=O) groups is 2. The SMILES string of the molecule is Cc1ccc(NC(=O)[C@H](Cc2ccc([N+](=O)[O-])cc2)NC(=O)C(c2ccccc2)c2ccccc2)cc1C. The van der Waals surface area contributed by atoms with Gasteiger partial charge in [-0.25, -0.2) is 0 Å². The second-order valence-electron chi connectivity index (χ2n) is 9.23. The highest BCUT2D eigenvalue weighted by Crippen LogP contribution is 2.25. The van der Waals surface area contributed by atoms with E-state index in [2.05, 4.69) is 10.6 Å². The standard InChI is InChI=1S/C31H29N3O4/c1-21-13-16-26(19-22(21)2)32-30(35)28(20-23-14-17-27(18-15-23)34(37)38)33-31(36)29(24-9-5-3-6-10-24)25-11-7-4-8-12-25/h3-19,28-29H,20H2,1-2H3,(H,32,35)(H,33,36)/t28-/m0/s1. The van der Waals surface area contributed by atoms with Crippen molar-refractivity contribution in [2.45, 2.75) is 32.2 Å². The lowest BCUT2D eigenvalue weighted by Gasteiger charge is -2.23. The zero-order valence-corrected chi connectivity index (χ0v) is 21.3. The summed E-state index contributed by atoms with van der Waals surface area (Å²) in [5, 5.41) is 17.0. The van der Waals surface area contributed by atoms with E-state index in [0.29, 0.717) is 11.3 Å². The zero-order chi connectivity index (χ0) is 27.1. The van der Waals surface area contributed by atoms with Crippen LogP contribution in [0.3, 0.4) is 0 Å². The van der Waals surface area contributed by atoms with Crippen LogP contribution in [0.15, 0.2) is 103 Å². The zero-order valence-electron chi connectivity index (χ0n) is 21.3. The second-order valence-corrected chi connectivity index (χ2v) is 9.23. The number of carbonyl (C=O) groups excluding carboxylic acids is 2. The highest BCUT2D eigenvalue weighted by Gasteiger charge is 2.28. The fraction of sp³-hybridized carbons (Fsp3) is 0.161. The van der Waals surface area contributed by atoms with Crippen LogP contribution >= 0.6 is 0 Å². The summed E-state index contributed by atoms with van der Waals surface area (Å²) in [6.07, 6.45) is 0.163. The second kappa shape index (κ2) is 12.0. The molecule has 38 heavy (non-hydrogen) atoms. The van der Waals surface area contributed by atoms with Gasteiger partial charge >= 0.3 is 0 Å². The molecule has 7 heteroatoms. The number of nitro groups is 1. The Kier molecular flexibility index (Phi) is 8.28. The van der Waals surface area contributed by atoms with Crippen LogP contribution < -0.4 is 10.6 Å². The molecule has 0 aliphatic rings. The molecular weight excluding hydrogens is 478 g/mol. The third-order valence-corrected chi connectivity index (χ3v) is 6.52. The number of anilines is 1. The van der Waals surface area contributed by atoms with Gasteiger partial charge in [0, 0.05) is 24.2 Å². The minimum Gasteiger partial charge on any atom is -0.343 e. The molecule has 0 aliphatic heterocycles. The molecule has 1 atom stereocenters. The van der Waals surface area contributed by atoms with Crippen LogP contribution in [0.2, 0.25) is 0 Å². The van der Waals surface area contributed by atoms with Crippen LogP contribution in [-0.2, 0) is 16.0 Å². The molecule has 0 heterocycles. The quantitative estimate of drug-likeness (QED) is 0.224. The normalized spacial score (nSPS) is 11.6. The summed E-state index contributed by atoms with van der Waals surface area (Å²) in [5.74, 6) is -1.31. The molecule has 2 amide bonds. The number of nitro benzene ring substituents is 1. The summed E-state index contributed by atoms with van der Waals surface area (Å²) >= 11 is 0. The Morgan fingerprint density at radius 1 is 0.763 bits per heavy atom. The fourth-order valence-corrected chi connectivity index (χ4v) is 4.29. The Hall–Kier alpha value is -4.78. The van der Waals surface area contributed by atoms with E-state index in [0.717, 1.165) is 22.3 Å². The number of nitrogens with one attached hydrogen (secondary N) is 2. The maximum Gasteiger partial charge on any atom is 0.269 e. The molecule has 0 fully saturated rings. The highest BCUT2D eigenvalue weighted by atomic mass is 16.6. The first-order chi connectivity index (χ1) is 18.3. The molecule has 0 unspecified atom stereocenters. The van der Waals surface area contributed by atoms with Crippen LogP contribution in [-0.4, -0.2) is 22.8 Å². The lowest BCUT2D eigenvalue weighted by Crippen LogP contribution is -2.47. The number of benzene rings is 4. The molecule has 4 aromatic carbocycles. The van der Waals surface area contributed by atoms with Gasteiger partial charge in [-0.3, -0.25) is 19.7 Å². The molecular formula is C31H29N3O4. The van der Waals surface area contributed by atoms with E-state index < -0.39 is 16.9 Å². The Balaban J connectivity index is 1.63.